The zero-order chi connectivity index (χ0) is 12.0. The van der Waals surface area contributed by atoms with Crippen molar-refractivity contribution >= 4 is 22.6 Å². The lowest BCUT2D eigenvalue weighted by atomic mass is 10.1. The number of carbonyl (C=O) groups excluding carboxylic acids is 2. The van der Waals surface area contributed by atoms with Gasteiger partial charge >= 0.3 is 0 Å². The summed E-state index contributed by atoms with van der Waals surface area (Å²) in [6, 6.07) is 7.42. The molecule has 0 bridgehead atoms. The summed E-state index contributed by atoms with van der Waals surface area (Å²) in [6.07, 6.45) is 0. The smallest absolute Gasteiger partial charge is 0.268 e. The predicted octanol–water partition coefficient (Wildman–Crippen LogP) is 1.59. The molecule has 4 nitrogen and oxygen atoms in total. The Kier molecular flexibility index (Phi) is 2.04. The fraction of sp³-hybridized carbons (Fsp3) is 0.231. The van der Waals surface area contributed by atoms with Gasteiger partial charge in [0.1, 0.15) is 5.69 Å². The van der Waals surface area contributed by atoms with E-state index in [0.717, 1.165) is 17.4 Å². The summed E-state index contributed by atoms with van der Waals surface area (Å²) < 4.78 is 1.97. The molecule has 0 radical (unpaired) electrons. The van der Waals surface area contributed by atoms with E-state index in [4.69, 9.17) is 0 Å². The van der Waals surface area contributed by atoms with Crippen molar-refractivity contribution in [1.29, 1.82) is 0 Å². The van der Waals surface area contributed by atoms with Gasteiger partial charge in [0.05, 0.1) is 0 Å². The SMILES string of the molecule is CC(=O)c1ccc2cc3n(c2c1)CCNC3=O. The second-order valence-electron chi connectivity index (χ2n) is 4.27. The molecule has 0 aliphatic carbocycles. The Hall–Kier alpha value is -2.10. The van der Waals surface area contributed by atoms with Crippen molar-refractivity contribution < 1.29 is 9.59 Å². The van der Waals surface area contributed by atoms with E-state index < -0.39 is 0 Å². The molecule has 0 saturated carbocycles. The lowest BCUT2D eigenvalue weighted by Gasteiger charge is -2.16. The molecular formula is C13H12N2O2. The first-order valence-corrected chi connectivity index (χ1v) is 5.59. The number of hydrogen-bond donors (Lipinski definition) is 1. The van der Waals surface area contributed by atoms with Gasteiger partial charge in [-0.3, -0.25) is 9.59 Å². The maximum absolute atomic E-state index is 11.7. The maximum atomic E-state index is 11.7. The van der Waals surface area contributed by atoms with Crippen LogP contribution in [0.5, 0.6) is 0 Å². The van der Waals surface area contributed by atoms with Crippen molar-refractivity contribution in [3.63, 3.8) is 0 Å². The van der Waals surface area contributed by atoms with Crippen molar-refractivity contribution in [2.75, 3.05) is 6.54 Å². The van der Waals surface area contributed by atoms with Crippen LogP contribution in [-0.4, -0.2) is 22.8 Å². The van der Waals surface area contributed by atoms with Gasteiger partial charge in [0.15, 0.2) is 5.78 Å². The fourth-order valence-electron chi connectivity index (χ4n) is 2.27. The van der Waals surface area contributed by atoms with Crippen molar-refractivity contribution in [2.45, 2.75) is 13.5 Å². The van der Waals surface area contributed by atoms with Crippen molar-refractivity contribution in [1.82, 2.24) is 9.88 Å². The van der Waals surface area contributed by atoms with Gasteiger partial charge in [-0.25, -0.2) is 0 Å². The molecule has 3 rings (SSSR count). The summed E-state index contributed by atoms with van der Waals surface area (Å²) in [7, 11) is 0. The normalized spacial score (nSPS) is 14.5. The van der Waals surface area contributed by atoms with E-state index in [9.17, 15) is 9.59 Å². The van der Waals surface area contributed by atoms with Crippen LogP contribution >= 0.6 is 0 Å². The summed E-state index contributed by atoms with van der Waals surface area (Å²) in [5, 5.41) is 3.81. The molecule has 4 heteroatoms. The molecule has 2 aromatic rings. The van der Waals surface area contributed by atoms with E-state index in [1.54, 1.807) is 13.0 Å². The lowest BCUT2D eigenvalue weighted by Crippen LogP contribution is -2.34. The predicted molar refractivity (Wildman–Crippen MR) is 64.3 cm³/mol. The minimum absolute atomic E-state index is 0.0442. The zero-order valence-electron chi connectivity index (χ0n) is 9.49. The van der Waals surface area contributed by atoms with Gasteiger partial charge in [-0.1, -0.05) is 12.1 Å². The molecule has 1 N–H and O–H groups in total. The van der Waals surface area contributed by atoms with Crippen molar-refractivity contribution in [3.8, 4) is 0 Å². The van der Waals surface area contributed by atoms with Crippen molar-refractivity contribution in [2.24, 2.45) is 0 Å². The number of hydrogen-bond acceptors (Lipinski definition) is 2. The topological polar surface area (TPSA) is 51.1 Å². The number of benzene rings is 1. The van der Waals surface area contributed by atoms with Crippen LogP contribution in [-0.2, 0) is 6.54 Å². The second-order valence-corrected chi connectivity index (χ2v) is 4.27. The van der Waals surface area contributed by atoms with Crippen LogP contribution in [0.25, 0.3) is 10.9 Å². The van der Waals surface area contributed by atoms with Gasteiger partial charge in [-0.15, -0.1) is 0 Å². The Labute approximate surface area is 98.2 Å². The van der Waals surface area contributed by atoms with Gasteiger partial charge < -0.3 is 9.88 Å². The molecular weight excluding hydrogens is 216 g/mol. The van der Waals surface area contributed by atoms with Crippen LogP contribution in [0, 0.1) is 0 Å². The summed E-state index contributed by atoms with van der Waals surface area (Å²) in [5.41, 5.74) is 2.32. The van der Waals surface area contributed by atoms with E-state index in [1.165, 1.54) is 0 Å². The molecule has 1 aromatic heterocycles. The van der Waals surface area contributed by atoms with Gasteiger partial charge in [-0.05, 0) is 19.1 Å². The van der Waals surface area contributed by atoms with Crippen LogP contribution < -0.4 is 5.32 Å². The third-order valence-corrected chi connectivity index (χ3v) is 3.16. The van der Waals surface area contributed by atoms with E-state index in [1.807, 2.05) is 22.8 Å². The third-order valence-electron chi connectivity index (χ3n) is 3.16. The molecule has 17 heavy (non-hydrogen) atoms. The number of nitrogens with zero attached hydrogens (tertiary/aromatic N) is 1. The average molecular weight is 228 g/mol. The molecule has 0 spiro atoms. The first kappa shape index (κ1) is 10.1. The number of rotatable bonds is 1. The molecule has 2 heterocycles. The highest BCUT2D eigenvalue weighted by Crippen LogP contribution is 2.23. The Balaban J connectivity index is 2.29. The van der Waals surface area contributed by atoms with Gasteiger partial charge in [0.2, 0.25) is 0 Å². The quantitative estimate of drug-likeness (QED) is 0.753. The van der Waals surface area contributed by atoms with E-state index >= 15 is 0 Å². The number of amides is 1. The van der Waals surface area contributed by atoms with Crippen LogP contribution in [0.2, 0.25) is 0 Å². The summed E-state index contributed by atoms with van der Waals surface area (Å²) in [4.78, 5) is 23.0. The molecule has 1 amide bonds. The number of carbonyl (C=O) groups is 2. The van der Waals surface area contributed by atoms with Gasteiger partial charge in [-0.2, -0.15) is 0 Å². The first-order chi connectivity index (χ1) is 8.16. The Morgan fingerprint density at radius 1 is 1.35 bits per heavy atom. The third kappa shape index (κ3) is 1.45. The molecule has 1 aliphatic heterocycles. The highest BCUT2D eigenvalue weighted by molar-refractivity contribution is 6.02. The van der Waals surface area contributed by atoms with Gasteiger partial charge in [0, 0.05) is 29.6 Å². The van der Waals surface area contributed by atoms with Crippen LogP contribution in [0.15, 0.2) is 24.3 Å². The Bertz CT molecular complexity index is 640. The molecule has 86 valence electrons. The monoisotopic (exact) mass is 228 g/mol. The summed E-state index contributed by atoms with van der Waals surface area (Å²) in [5.74, 6) is -0.000430. The largest absolute Gasteiger partial charge is 0.349 e. The summed E-state index contributed by atoms with van der Waals surface area (Å²) >= 11 is 0. The van der Waals surface area contributed by atoms with Gasteiger partial charge in [0.25, 0.3) is 5.91 Å². The maximum Gasteiger partial charge on any atom is 0.268 e. The number of nitrogens with one attached hydrogen (secondary N) is 1. The number of Topliss-reactive ketones (excluding diaryl/α,β-unsaturated/α-hetero) is 1. The average Bonchev–Trinajstić information content (AvgIpc) is 2.68. The highest BCUT2D eigenvalue weighted by atomic mass is 16.2. The minimum atomic E-state index is -0.0446. The van der Waals surface area contributed by atoms with E-state index in [0.29, 0.717) is 17.8 Å². The molecule has 1 aromatic carbocycles. The minimum Gasteiger partial charge on any atom is -0.349 e. The number of fused-ring (bicyclic) bond motifs is 3. The van der Waals surface area contributed by atoms with Crippen LogP contribution in [0.1, 0.15) is 27.8 Å². The molecule has 0 saturated heterocycles. The fourth-order valence-corrected chi connectivity index (χ4v) is 2.27. The summed E-state index contributed by atoms with van der Waals surface area (Å²) in [6.45, 7) is 2.94. The van der Waals surface area contributed by atoms with Crippen LogP contribution in [0.3, 0.4) is 0 Å². The number of aromatic nitrogens is 1. The molecule has 0 fully saturated rings. The lowest BCUT2D eigenvalue weighted by molar-refractivity contribution is 0.0928. The van der Waals surface area contributed by atoms with E-state index in [2.05, 4.69) is 5.32 Å². The van der Waals surface area contributed by atoms with Crippen LogP contribution in [0.4, 0.5) is 0 Å². The second kappa shape index (κ2) is 3.45. The molecule has 0 atom stereocenters. The number of ketones is 1. The molecule has 0 unspecified atom stereocenters. The molecule has 1 aliphatic rings. The Morgan fingerprint density at radius 2 is 2.18 bits per heavy atom. The standard InChI is InChI=1S/C13H12N2O2/c1-8(16)9-2-3-10-7-12-13(17)14-4-5-15(12)11(10)6-9/h2-3,6-7H,4-5H2,1H3,(H,14,17). The van der Waals surface area contributed by atoms with Crippen molar-refractivity contribution in [3.05, 3.63) is 35.5 Å². The highest BCUT2D eigenvalue weighted by Gasteiger charge is 2.19. The zero-order valence-corrected chi connectivity index (χ0v) is 9.49. The van der Waals surface area contributed by atoms with E-state index in [-0.39, 0.29) is 11.7 Å². The Morgan fingerprint density at radius 3 is 2.94 bits per heavy atom. The first-order valence-electron chi connectivity index (χ1n) is 5.59.